The number of aliphatic hydroxyl groups excluding tert-OH is 1. The molecule has 0 aliphatic rings. The van der Waals surface area contributed by atoms with E-state index >= 15 is 0 Å². The Kier molecular flexibility index (Phi) is 4.88. The van der Waals surface area contributed by atoms with Crippen LogP contribution < -0.4 is 5.73 Å². The number of hydrogen-bond donors (Lipinski definition) is 2. The molecule has 0 bridgehead atoms. The van der Waals surface area contributed by atoms with Crippen LogP contribution in [-0.4, -0.2) is 30.3 Å². The van der Waals surface area contributed by atoms with Crippen molar-refractivity contribution >= 4 is 5.91 Å². The fraction of sp³-hybridized carbons (Fsp3) is 0.833. The molecule has 1 unspecified atom stereocenters. The lowest BCUT2D eigenvalue weighted by atomic mass is 10.3. The molecule has 0 saturated heterocycles. The molecule has 4 nitrogen and oxygen atoms in total. The van der Waals surface area contributed by atoms with E-state index in [9.17, 15) is 4.79 Å². The van der Waals surface area contributed by atoms with Crippen molar-refractivity contribution in [1.29, 1.82) is 0 Å². The summed E-state index contributed by atoms with van der Waals surface area (Å²) in [5, 5.41) is 8.32. The van der Waals surface area contributed by atoms with Crippen molar-refractivity contribution < 1.29 is 14.6 Å². The first kappa shape index (κ1) is 9.39. The maximum Gasteiger partial charge on any atom is 0.246 e. The van der Waals surface area contributed by atoms with Crippen LogP contribution in [0.5, 0.6) is 0 Å². The summed E-state index contributed by atoms with van der Waals surface area (Å²) in [7, 11) is 0. The lowest BCUT2D eigenvalue weighted by Crippen LogP contribution is -2.31. The SMILES string of the molecule is CCC(OCCO)C(N)=O. The second-order valence-corrected chi connectivity index (χ2v) is 1.89. The quantitative estimate of drug-likeness (QED) is 0.538. The molecule has 0 aliphatic heterocycles. The highest BCUT2D eigenvalue weighted by Gasteiger charge is 2.11. The van der Waals surface area contributed by atoms with Gasteiger partial charge in [-0.2, -0.15) is 0 Å². The molecular weight excluding hydrogens is 134 g/mol. The maximum absolute atomic E-state index is 10.5. The summed E-state index contributed by atoms with van der Waals surface area (Å²) in [5.41, 5.74) is 4.94. The highest BCUT2D eigenvalue weighted by atomic mass is 16.5. The zero-order chi connectivity index (χ0) is 7.98. The number of hydrogen-bond acceptors (Lipinski definition) is 3. The number of nitrogens with two attached hydrogens (primary N) is 1. The standard InChI is InChI=1S/C6H13NO3/c1-2-5(6(7)9)10-4-3-8/h5,8H,2-4H2,1H3,(H2,7,9). The van der Waals surface area contributed by atoms with Crippen molar-refractivity contribution in [3.63, 3.8) is 0 Å². The second-order valence-electron chi connectivity index (χ2n) is 1.89. The van der Waals surface area contributed by atoms with Gasteiger partial charge in [-0.25, -0.2) is 0 Å². The molecule has 60 valence electrons. The molecule has 0 spiro atoms. The predicted molar refractivity (Wildman–Crippen MR) is 36.3 cm³/mol. The summed E-state index contributed by atoms with van der Waals surface area (Å²) in [6, 6.07) is 0. The van der Waals surface area contributed by atoms with Crippen molar-refractivity contribution in [2.24, 2.45) is 5.73 Å². The Morgan fingerprint density at radius 1 is 1.80 bits per heavy atom. The minimum atomic E-state index is -0.549. The number of rotatable bonds is 5. The monoisotopic (exact) mass is 147 g/mol. The summed E-state index contributed by atoms with van der Waals surface area (Å²) in [6.07, 6.45) is 0.00199. The van der Waals surface area contributed by atoms with E-state index in [1.54, 1.807) is 6.92 Å². The first-order chi connectivity index (χ1) is 4.72. The van der Waals surface area contributed by atoms with E-state index in [1.165, 1.54) is 0 Å². The van der Waals surface area contributed by atoms with E-state index in [0.717, 1.165) is 0 Å². The zero-order valence-corrected chi connectivity index (χ0v) is 6.04. The molecule has 0 rings (SSSR count). The van der Waals surface area contributed by atoms with E-state index in [-0.39, 0.29) is 13.2 Å². The number of carbonyl (C=O) groups excluding carboxylic acids is 1. The molecule has 0 saturated carbocycles. The molecule has 0 aliphatic carbocycles. The van der Waals surface area contributed by atoms with Gasteiger partial charge in [-0.3, -0.25) is 4.79 Å². The molecule has 4 heteroatoms. The fourth-order valence-electron chi connectivity index (χ4n) is 0.596. The van der Waals surface area contributed by atoms with Gasteiger partial charge in [0.15, 0.2) is 0 Å². The van der Waals surface area contributed by atoms with Crippen LogP contribution in [0, 0.1) is 0 Å². The van der Waals surface area contributed by atoms with Crippen LogP contribution >= 0.6 is 0 Å². The Morgan fingerprint density at radius 2 is 2.40 bits per heavy atom. The number of carbonyl (C=O) groups is 1. The zero-order valence-electron chi connectivity index (χ0n) is 6.04. The molecular formula is C6H13NO3. The van der Waals surface area contributed by atoms with Crippen LogP contribution in [0.4, 0.5) is 0 Å². The van der Waals surface area contributed by atoms with Gasteiger partial charge >= 0.3 is 0 Å². The van der Waals surface area contributed by atoms with Gasteiger partial charge in [-0.15, -0.1) is 0 Å². The van der Waals surface area contributed by atoms with Crippen LogP contribution in [0.25, 0.3) is 0 Å². The molecule has 3 N–H and O–H groups in total. The van der Waals surface area contributed by atoms with Crippen LogP contribution in [0.15, 0.2) is 0 Å². The van der Waals surface area contributed by atoms with Gasteiger partial charge in [-0.05, 0) is 6.42 Å². The maximum atomic E-state index is 10.5. The highest BCUT2D eigenvalue weighted by molar-refractivity contribution is 5.78. The van der Waals surface area contributed by atoms with Crippen molar-refractivity contribution in [2.45, 2.75) is 19.4 Å². The molecule has 1 atom stereocenters. The lowest BCUT2D eigenvalue weighted by Gasteiger charge is -2.09. The van der Waals surface area contributed by atoms with Crippen molar-refractivity contribution in [3.05, 3.63) is 0 Å². The third-order valence-corrected chi connectivity index (χ3v) is 1.10. The fourth-order valence-corrected chi connectivity index (χ4v) is 0.596. The van der Waals surface area contributed by atoms with Crippen molar-refractivity contribution in [1.82, 2.24) is 0 Å². The molecule has 0 aromatic rings. The van der Waals surface area contributed by atoms with Crippen molar-refractivity contribution in [3.8, 4) is 0 Å². The topological polar surface area (TPSA) is 72.6 Å². The van der Waals surface area contributed by atoms with Gasteiger partial charge in [0.2, 0.25) is 5.91 Å². The highest BCUT2D eigenvalue weighted by Crippen LogP contribution is 1.95. The number of primary amides is 1. The minimum Gasteiger partial charge on any atom is -0.394 e. The molecule has 0 heterocycles. The Hall–Kier alpha value is -0.610. The van der Waals surface area contributed by atoms with Crippen LogP contribution in [-0.2, 0) is 9.53 Å². The molecule has 0 radical (unpaired) electrons. The van der Waals surface area contributed by atoms with Crippen LogP contribution in [0.2, 0.25) is 0 Å². The molecule has 0 aromatic heterocycles. The first-order valence-electron chi connectivity index (χ1n) is 3.24. The average Bonchev–Trinajstić information content (AvgIpc) is 1.89. The normalized spacial score (nSPS) is 13.0. The minimum absolute atomic E-state index is 0.0796. The number of amides is 1. The van der Waals surface area contributed by atoms with E-state index in [4.69, 9.17) is 15.6 Å². The summed E-state index contributed by atoms with van der Waals surface area (Å²) in [5.74, 6) is -0.476. The molecule has 0 fully saturated rings. The Morgan fingerprint density at radius 3 is 2.70 bits per heavy atom. The van der Waals surface area contributed by atoms with Gasteiger partial charge in [0.25, 0.3) is 0 Å². The Bertz CT molecular complexity index is 105. The average molecular weight is 147 g/mol. The number of aliphatic hydroxyl groups is 1. The van der Waals surface area contributed by atoms with Crippen LogP contribution in [0.1, 0.15) is 13.3 Å². The van der Waals surface area contributed by atoms with E-state index in [0.29, 0.717) is 6.42 Å². The molecule has 1 amide bonds. The van der Waals surface area contributed by atoms with E-state index < -0.39 is 12.0 Å². The smallest absolute Gasteiger partial charge is 0.246 e. The largest absolute Gasteiger partial charge is 0.394 e. The van der Waals surface area contributed by atoms with E-state index in [2.05, 4.69) is 0 Å². The second kappa shape index (κ2) is 5.20. The van der Waals surface area contributed by atoms with Crippen LogP contribution in [0.3, 0.4) is 0 Å². The predicted octanol–water partition coefficient (Wildman–Crippen LogP) is -0.741. The van der Waals surface area contributed by atoms with Gasteiger partial charge in [0.05, 0.1) is 13.2 Å². The lowest BCUT2D eigenvalue weighted by molar-refractivity contribution is -0.130. The molecule has 0 aromatic carbocycles. The van der Waals surface area contributed by atoms with E-state index in [1.807, 2.05) is 0 Å². The third-order valence-electron chi connectivity index (χ3n) is 1.10. The number of ether oxygens (including phenoxy) is 1. The summed E-state index contributed by atoms with van der Waals surface area (Å²) >= 11 is 0. The van der Waals surface area contributed by atoms with Gasteiger partial charge in [-0.1, -0.05) is 6.92 Å². The Balaban J connectivity index is 3.50. The third kappa shape index (κ3) is 3.42. The van der Waals surface area contributed by atoms with Gasteiger partial charge in [0.1, 0.15) is 6.10 Å². The Labute approximate surface area is 60.0 Å². The first-order valence-corrected chi connectivity index (χ1v) is 3.24. The summed E-state index contributed by atoms with van der Waals surface area (Å²) < 4.78 is 4.88. The summed E-state index contributed by atoms with van der Waals surface area (Å²) in [6.45, 7) is 1.89. The van der Waals surface area contributed by atoms with Gasteiger partial charge < -0.3 is 15.6 Å². The molecule has 10 heavy (non-hydrogen) atoms. The van der Waals surface area contributed by atoms with Crippen molar-refractivity contribution in [2.75, 3.05) is 13.2 Å². The summed E-state index contributed by atoms with van der Waals surface area (Å²) in [4.78, 5) is 10.5. The van der Waals surface area contributed by atoms with Gasteiger partial charge in [0, 0.05) is 0 Å².